The van der Waals surface area contributed by atoms with Crippen LogP contribution in [-0.4, -0.2) is 30.8 Å². The highest BCUT2D eigenvalue weighted by Crippen LogP contribution is 2.27. The Balaban J connectivity index is 1.61. The first-order chi connectivity index (χ1) is 8.22. The molecule has 1 heterocycles. The first-order valence-corrected chi connectivity index (χ1v) is 6.47. The molecule has 0 spiro atoms. The number of hydrogen-bond donors (Lipinski definition) is 2. The maximum Gasteiger partial charge on any atom is 0.0570 e. The van der Waals surface area contributed by atoms with Crippen molar-refractivity contribution in [2.24, 2.45) is 0 Å². The van der Waals surface area contributed by atoms with Crippen LogP contribution in [0.2, 0.25) is 0 Å². The summed E-state index contributed by atoms with van der Waals surface area (Å²) < 4.78 is 0. The van der Waals surface area contributed by atoms with Gasteiger partial charge in [0.25, 0.3) is 0 Å². The molecule has 2 N–H and O–H groups in total. The SMILES string of the molecule is CN1CCc2cc(CNC3CC(O)C3)ccc21. The highest BCUT2D eigenvalue weighted by Gasteiger charge is 2.26. The second-order valence-electron chi connectivity index (χ2n) is 5.34. The Morgan fingerprint density at radius 3 is 3.00 bits per heavy atom. The molecule has 2 aliphatic rings. The molecular formula is C14H20N2O. The van der Waals surface area contributed by atoms with E-state index < -0.39 is 0 Å². The van der Waals surface area contributed by atoms with Gasteiger partial charge < -0.3 is 15.3 Å². The second-order valence-corrected chi connectivity index (χ2v) is 5.34. The van der Waals surface area contributed by atoms with Crippen LogP contribution in [0.3, 0.4) is 0 Å². The zero-order valence-corrected chi connectivity index (χ0v) is 10.3. The molecule has 0 radical (unpaired) electrons. The van der Waals surface area contributed by atoms with E-state index in [-0.39, 0.29) is 6.10 Å². The van der Waals surface area contributed by atoms with E-state index in [0.29, 0.717) is 6.04 Å². The van der Waals surface area contributed by atoms with Gasteiger partial charge in [0.05, 0.1) is 6.10 Å². The molecule has 0 atom stereocenters. The third-order valence-electron chi connectivity index (χ3n) is 3.98. The molecule has 92 valence electrons. The second kappa shape index (κ2) is 4.31. The lowest BCUT2D eigenvalue weighted by atomic mass is 9.89. The average molecular weight is 232 g/mol. The lowest BCUT2D eigenvalue weighted by molar-refractivity contribution is 0.0619. The fraction of sp³-hybridized carbons (Fsp3) is 0.571. The van der Waals surface area contributed by atoms with Crippen LogP contribution in [0, 0.1) is 0 Å². The molecule has 0 saturated heterocycles. The Morgan fingerprint density at radius 2 is 2.24 bits per heavy atom. The summed E-state index contributed by atoms with van der Waals surface area (Å²) in [5.74, 6) is 0. The average Bonchev–Trinajstić information content (AvgIpc) is 2.65. The van der Waals surface area contributed by atoms with Gasteiger partial charge in [-0.3, -0.25) is 0 Å². The Morgan fingerprint density at radius 1 is 1.41 bits per heavy atom. The largest absolute Gasteiger partial charge is 0.393 e. The van der Waals surface area contributed by atoms with Crippen molar-refractivity contribution >= 4 is 5.69 Å². The van der Waals surface area contributed by atoms with E-state index in [2.05, 4.69) is 35.5 Å². The van der Waals surface area contributed by atoms with Gasteiger partial charge in [-0.15, -0.1) is 0 Å². The number of hydrogen-bond acceptors (Lipinski definition) is 3. The maximum absolute atomic E-state index is 9.23. The van der Waals surface area contributed by atoms with Crippen molar-refractivity contribution in [1.29, 1.82) is 0 Å². The van der Waals surface area contributed by atoms with E-state index in [4.69, 9.17) is 0 Å². The monoisotopic (exact) mass is 232 g/mol. The Kier molecular flexibility index (Phi) is 2.81. The highest BCUT2D eigenvalue weighted by atomic mass is 16.3. The van der Waals surface area contributed by atoms with Gasteiger partial charge in [0.1, 0.15) is 0 Å². The van der Waals surface area contributed by atoms with Crippen LogP contribution in [0.25, 0.3) is 0 Å². The molecule has 0 aromatic heterocycles. The number of fused-ring (bicyclic) bond motifs is 1. The van der Waals surface area contributed by atoms with Gasteiger partial charge in [0.2, 0.25) is 0 Å². The van der Waals surface area contributed by atoms with Gasteiger partial charge in [0, 0.05) is 31.9 Å². The van der Waals surface area contributed by atoms with E-state index >= 15 is 0 Å². The summed E-state index contributed by atoms with van der Waals surface area (Å²) in [6.45, 7) is 2.06. The molecule has 1 aromatic rings. The van der Waals surface area contributed by atoms with Crippen LogP contribution in [0.15, 0.2) is 18.2 Å². The molecule has 3 rings (SSSR count). The summed E-state index contributed by atoms with van der Waals surface area (Å²) in [6.07, 6.45) is 2.92. The molecular weight excluding hydrogens is 212 g/mol. The molecule has 1 fully saturated rings. The van der Waals surface area contributed by atoms with Gasteiger partial charge in [-0.05, 0) is 36.5 Å². The zero-order valence-electron chi connectivity index (χ0n) is 10.3. The third kappa shape index (κ3) is 2.17. The molecule has 3 heteroatoms. The first-order valence-electron chi connectivity index (χ1n) is 6.47. The number of benzene rings is 1. The summed E-state index contributed by atoms with van der Waals surface area (Å²) in [5, 5.41) is 12.7. The molecule has 0 unspecified atom stereocenters. The molecule has 0 bridgehead atoms. The summed E-state index contributed by atoms with van der Waals surface area (Å²) in [7, 11) is 2.15. The quantitative estimate of drug-likeness (QED) is 0.824. The number of rotatable bonds is 3. The number of anilines is 1. The van der Waals surface area contributed by atoms with Gasteiger partial charge in [-0.2, -0.15) is 0 Å². The zero-order chi connectivity index (χ0) is 11.8. The van der Waals surface area contributed by atoms with Crippen molar-refractivity contribution in [2.45, 2.75) is 38.0 Å². The normalized spacial score (nSPS) is 26.8. The van der Waals surface area contributed by atoms with Crippen LogP contribution in [0.5, 0.6) is 0 Å². The van der Waals surface area contributed by atoms with Crippen molar-refractivity contribution in [3.8, 4) is 0 Å². The van der Waals surface area contributed by atoms with E-state index in [9.17, 15) is 5.11 Å². The predicted molar refractivity (Wildman–Crippen MR) is 69.3 cm³/mol. The molecule has 1 saturated carbocycles. The summed E-state index contributed by atoms with van der Waals surface area (Å²) in [6, 6.07) is 7.28. The van der Waals surface area contributed by atoms with E-state index in [1.54, 1.807) is 0 Å². The third-order valence-corrected chi connectivity index (χ3v) is 3.98. The van der Waals surface area contributed by atoms with Crippen molar-refractivity contribution in [3.05, 3.63) is 29.3 Å². The summed E-state index contributed by atoms with van der Waals surface area (Å²) in [4.78, 5) is 2.31. The number of nitrogens with zero attached hydrogens (tertiary/aromatic N) is 1. The fourth-order valence-corrected chi connectivity index (χ4v) is 2.75. The Hall–Kier alpha value is -1.06. The minimum absolute atomic E-state index is 0.0684. The molecule has 17 heavy (non-hydrogen) atoms. The van der Waals surface area contributed by atoms with Gasteiger partial charge in [-0.1, -0.05) is 12.1 Å². The molecule has 0 amide bonds. The van der Waals surface area contributed by atoms with Gasteiger partial charge >= 0.3 is 0 Å². The standard InChI is InChI=1S/C14H20N2O/c1-16-5-4-11-6-10(2-3-14(11)16)9-15-12-7-13(17)8-12/h2-3,6,12-13,15,17H,4-5,7-9H2,1H3. The number of likely N-dealkylation sites (N-methyl/N-ethyl adjacent to an activating group) is 1. The van der Waals surface area contributed by atoms with Crippen LogP contribution >= 0.6 is 0 Å². The smallest absolute Gasteiger partial charge is 0.0570 e. The van der Waals surface area contributed by atoms with Gasteiger partial charge in [0.15, 0.2) is 0 Å². The fourth-order valence-electron chi connectivity index (χ4n) is 2.75. The van der Waals surface area contributed by atoms with Gasteiger partial charge in [-0.25, -0.2) is 0 Å². The molecule has 1 aliphatic carbocycles. The molecule has 1 aromatic carbocycles. The van der Waals surface area contributed by atoms with Crippen LogP contribution in [0.4, 0.5) is 5.69 Å². The lowest BCUT2D eigenvalue weighted by Gasteiger charge is -2.32. The predicted octanol–water partition coefficient (Wildman–Crippen LogP) is 1.29. The topological polar surface area (TPSA) is 35.5 Å². The Labute approximate surface area is 102 Å². The van der Waals surface area contributed by atoms with E-state index in [1.807, 2.05) is 0 Å². The first kappa shape index (κ1) is 11.1. The Bertz CT molecular complexity index is 413. The minimum atomic E-state index is -0.0684. The molecule has 1 aliphatic heterocycles. The van der Waals surface area contributed by atoms with Crippen LogP contribution in [-0.2, 0) is 13.0 Å². The summed E-state index contributed by atoms with van der Waals surface area (Å²) in [5.41, 5.74) is 4.22. The number of aliphatic hydroxyl groups is 1. The van der Waals surface area contributed by atoms with Crippen LogP contribution < -0.4 is 10.2 Å². The molecule has 3 nitrogen and oxygen atoms in total. The maximum atomic E-state index is 9.23. The lowest BCUT2D eigenvalue weighted by Crippen LogP contribution is -2.43. The van der Waals surface area contributed by atoms with Crippen molar-refractivity contribution in [3.63, 3.8) is 0 Å². The number of nitrogens with one attached hydrogen (secondary N) is 1. The van der Waals surface area contributed by atoms with E-state index in [0.717, 1.165) is 25.9 Å². The minimum Gasteiger partial charge on any atom is -0.393 e. The van der Waals surface area contributed by atoms with Crippen LogP contribution in [0.1, 0.15) is 24.0 Å². The van der Waals surface area contributed by atoms with Crippen molar-refractivity contribution in [1.82, 2.24) is 5.32 Å². The highest BCUT2D eigenvalue weighted by molar-refractivity contribution is 5.58. The van der Waals surface area contributed by atoms with E-state index in [1.165, 1.54) is 23.2 Å². The number of aliphatic hydroxyl groups excluding tert-OH is 1. The van der Waals surface area contributed by atoms with Crippen molar-refractivity contribution in [2.75, 3.05) is 18.5 Å². The summed E-state index contributed by atoms with van der Waals surface area (Å²) >= 11 is 0. The van der Waals surface area contributed by atoms with Crippen molar-refractivity contribution < 1.29 is 5.11 Å².